The first-order valence-electron chi connectivity index (χ1n) is 8.68. The van der Waals surface area contributed by atoms with Crippen molar-refractivity contribution in [1.29, 1.82) is 0 Å². The third-order valence-electron chi connectivity index (χ3n) is 4.72. The van der Waals surface area contributed by atoms with Gasteiger partial charge in [0.05, 0.1) is 0 Å². The van der Waals surface area contributed by atoms with Crippen molar-refractivity contribution in [2.75, 3.05) is 43.5 Å². The Labute approximate surface area is 153 Å². The highest BCUT2D eigenvalue weighted by atomic mass is 16.3. The van der Waals surface area contributed by atoms with Gasteiger partial charge >= 0.3 is 0 Å². The molecule has 2 aromatic rings. The van der Waals surface area contributed by atoms with Crippen LogP contribution in [0, 0.1) is 6.92 Å². The van der Waals surface area contributed by atoms with Crippen molar-refractivity contribution in [3.8, 4) is 0 Å². The zero-order chi connectivity index (χ0) is 18.7. The van der Waals surface area contributed by atoms with Crippen LogP contribution in [0.3, 0.4) is 0 Å². The number of carbonyl (C=O) groups excluding carboxylic acids is 1. The average Bonchev–Trinajstić information content (AvgIpc) is 3.03. The van der Waals surface area contributed by atoms with Gasteiger partial charge in [0.15, 0.2) is 0 Å². The van der Waals surface area contributed by atoms with Gasteiger partial charge in [-0.2, -0.15) is 0 Å². The van der Waals surface area contributed by atoms with Crippen LogP contribution in [0.2, 0.25) is 0 Å². The molecule has 0 radical (unpaired) electrons. The molecule has 0 spiro atoms. The molecule has 7 nitrogen and oxygen atoms in total. The minimum atomic E-state index is -0.971. The number of hydrogen-bond donors (Lipinski definition) is 2. The van der Waals surface area contributed by atoms with E-state index in [-0.39, 0.29) is 12.5 Å². The van der Waals surface area contributed by atoms with Crippen LogP contribution in [0.15, 0.2) is 36.7 Å². The summed E-state index contributed by atoms with van der Waals surface area (Å²) in [6.45, 7) is 3.21. The molecule has 1 aromatic heterocycles. The molecule has 0 aliphatic carbocycles. The van der Waals surface area contributed by atoms with Crippen molar-refractivity contribution >= 4 is 17.5 Å². The van der Waals surface area contributed by atoms with E-state index in [2.05, 4.69) is 15.3 Å². The number of aliphatic hydroxyl groups is 1. The van der Waals surface area contributed by atoms with Crippen molar-refractivity contribution in [2.24, 2.45) is 0 Å². The Hall–Kier alpha value is -2.67. The van der Waals surface area contributed by atoms with Gasteiger partial charge in [0.25, 0.3) is 5.91 Å². The Balaban J connectivity index is 1.63. The zero-order valence-corrected chi connectivity index (χ0v) is 15.4. The minimum Gasteiger partial charge on any atom is -0.386 e. The fraction of sp³-hybridized carbons (Fsp3) is 0.421. The lowest BCUT2D eigenvalue weighted by Gasteiger charge is -2.24. The molecular weight excluding hydrogens is 330 g/mol. The van der Waals surface area contributed by atoms with Gasteiger partial charge in [0.2, 0.25) is 0 Å². The van der Waals surface area contributed by atoms with E-state index in [4.69, 9.17) is 0 Å². The quantitative estimate of drug-likeness (QED) is 0.839. The Kier molecular flexibility index (Phi) is 5.08. The molecule has 2 N–H and O–H groups in total. The van der Waals surface area contributed by atoms with Crippen LogP contribution >= 0.6 is 0 Å². The number of aromatic nitrogens is 2. The number of rotatable bonds is 5. The van der Waals surface area contributed by atoms with E-state index < -0.39 is 5.60 Å². The predicted octanol–water partition coefficient (Wildman–Crippen LogP) is 1.22. The summed E-state index contributed by atoms with van der Waals surface area (Å²) in [6.07, 6.45) is 2.10. The number of aryl methyl sites for hydroxylation is 1. The molecule has 1 saturated heterocycles. The van der Waals surface area contributed by atoms with Gasteiger partial charge in [0, 0.05) is 45.4 Å². The predicted molar refractivity (Wildman–Crippen MR) is 102 cm³/mol. The summed E-state index contributed by atoms with van der Waals surface area (Å²) in [5, 5.41) is 13.7. The summed E-state index contributed by atoms with van der Waals surface area (Å²) < 4.78 is 0. The van der Waals surface area contributed by atoms with E-state index in [1.165, 1.54) is 6.33 Å². The van der Waals surface area contributed by atoms with E-state index in [0.29, 0.717) is 25.1 Å². The highest BCUT2D eigenvalue weighted by Crippen LogP contribution is 2.26. The summed E-state index contributed by atoms with van der Waals surface area (Å²) in [5.74, 6) is 1.44. The number of anilines is 2. The molecule has 3 rings (SSSR count). The van der Waals surface area contributed by atoms with E-state index in [0.717, 1.165) is 17.2 Å². The maximum atomic E-state index is 12.4. The van der Waals surface area contributed by atoms with Crippen molar-refractivity contribution in [3.05, 3.63) is 47.8 Å². The molecule has 1 aliphatic heterocycles. The van der Waals surface area contributed by atoms with Gasteiger partial charge in [-0.25, -0.2) is 9.97 Å². The first-order chi connectivity index (χ1) is 12.4. The van der Waals surface area contributed by atoms with Crippen LogP contribution in [-0.4, -0.2) is 60.3 Å². The Morgan fingerprint density at radius 2 is 2.12 bits per heavy atom. The van der Waals surface area contributed by atoms with Crippen LogP contribution in [0.1, 0.15) is 22.3 Å². The number of nitrogens with one attached hydrogen (secondary N) is 1. The zero-order valence-electron chi connectivity index (χ0n) is 15.4. The second kappa shape index (κ2) is 7.29. The van der Waals surface area contributed by atoms with Crippen molar-refractivity contribution in [3.63, 3.8) is 0 Å². The van der Waals surface area contributed by atoms with Crippen LogP contribution in [0.5, 0.6) is 0 Å². The third kappa shape index (κ3) is 3.94. The number of carbonyl (C=O) groups is 1. The minimum absolute atomic E-state index is 0.160. The fourth-order valence-electron chi connectivity index (χ4n) is 3.12. The van der Waals surface area contributed by atoms with Crippen LogP contribution in [0.4, 0.5) is 11.6 Å². The largest absolute Gasteiger partial charge is 0.386 e. The van der Waals surface area contributed by atoms with Crippen LogP contribution < -0.4 is 15.1 Å². The van der Waals surface area contributed by atoms with Crippen molar-refractivity contribution in [2.45, 2.75) is 18.9 Å². The van der Waals surface area contributed by atoms with Gasteiger partial charge in [-0.05, 0) is 25.0 Å². The SMILES string of the molecule is Cc1ccccc1C(=O)NC[C@@]1(O)CCN(c2cc(N(C)C)ncn2)C1. The maximum absolute atomic E-state index is 12.4. The lowest BCUT2D eigenvalue weighted by atomic mass is 10.0. The van der Waals surface area contributed by atoms with Gasteiger partial charge < -0.3 is 20.2 Å². The third-order valence-corrected chi connectivity index (χ3v) is 4.72. The smallest absolute Gasteiger partial charge is 0.251 e. The van der Waals surface area contributed by atoms with E-state index >= 15 is 0 Å². The van der Waals surface area contributed by atoms with E-state index in [9.17, 15) is 9.90 Å². The molecule has 0 saturated carbocycles. The number of nitrogens with zero attached hydrogens (tertiary/aromatic N) is 4. The molecule has 1 amide bonds. The topological polar surface area (TPSA) is 81.6 Å². The average molecular weight is 355 g/mol. The number of β-amino-alcohol motifs (C(OH)–C–C–N with tert-alkyl or cyclic N) is 1. The standard InChI is InChI=1S/C19H25N5O2/c1-14-6-4-5-7-15(14)18(25)20-11-19(26)8-9-24(12-19)17-10-16(23(2)3)21-13-22-17/h4-7,10,13,26H,8-9,11-12H2,1-3H3,(H,20,25)/t19-/m0/s1. The summed E-state index contributed by atoms with van der Waals surface area (Å²) in [7, 11) is 3.85. The fourth-order valence-corrected chi connectivity index (χ4v) is 3.12. The molecule has 2 heterocycles. The lowest BCUT2D eigenvalue weighted by Crippen LogP contribution is -2.45. The molecule has 1 aliphatic rings. The van der Waals surface area contributed by atoms with Crippen molar-refractivity contribution in [1.82, 2.24) is 15.3 Å². The van der Waals surface area contributed by atoms with Gasteiger partial charge in [-0.15, -0.1) is 0 Å². The first kappa shape index (κ1) is 18.1. The monoisotopic (exact) mass is 355 g/mol. The lowest BCUT2D eigenvalue weighted by molar-refractivity contribution is 0.0575. The number of hydrogen-bond acceptors (Lipinski definition) is 6. The molecule has 1 atom stereocenters. The second-order valence-corrected chi connectivity index (χ2v) is 7.02. The molecular formula is C19H25N5O2. The maximum Gasteiger partial charge on any atom is 0.251 e. The van der Waals surface area contributed by atoms with Crippen LogP contribution in [0.25, 0.3) is 0 Å². The van der Waals surface area contributed by atoms with Gasteiger partial charge in [0.1, 0.15) is 23.6 Å². The molecule has 26 heavy (non-hydrogen) atoms. The molecule has 7 heteroatoms. The number of benzene rings is 1. The highest BCUT2D eigenvalue weighted by Gasteiger charge is 2.37. The molecule has 1 aromatic carbocycles. The molecule has 0 bridgehead atoms. The second-order valence-electron chi connectivity index (χ2n) is 7.02. The van der Waals surface area contributed by atoms with Crippen molar-refractivity contribution < 1.29 is 9.90 Å². The number of amides is 1. The van der Waals surface area contributed by atoms with Gasteiger partial charge in [-0.3, -0.25) is 4.79 Å². The first-order valence-corrected chi connectivity index (χ1v) is 8.68. The molecule has 138 valence electrons. The summed E-state index contributed by atoms with van der Waals surface area (Å²) in [6, 6.07) is 9.33. The normalized spacial score (nSPS) is 19.5. The summed E-state index contributed by atoms with van der Waals surface area (Å²) in [5.41, 5.74) is 0.585. The van der Waals surface area contributed by atoms with Crippen LogP contribution in [-0.2, 0) is 0 Å². The molecule has 0 unspecified atom stereocenters. The van der Waals surface area contributed by atoms with E-state index in [1.54, 1.807) is 6.07 Å². The Bertz CT molecular complexity index is 795. The van der Waals surface area contributed by atoms with E-state index in [1.807, 2.05) is 55.1 Å². The molecule has 1 fully saturated rings. The Morgan fingerprint density at radius 3 is 2.85 bits per heavy atom. The highest BCUT2D eigenvalue weighted by molar-refractivity contribution is 5.95. The van der Waals surface area contributed by atoms with Gasteiger partial charge in [-0.1, -0.05) is 18.2 Å². The summed E-state index contributed by atoms with van der Waals surface area (Å²) in [4.78, 5) is 24.8. The summed E-state index contributed by atoms with van der Waals surface area (Å²) >= 11 is 0. The Morgan fingerprint density at radius 1 is 1.35 bits per heavy atom.